The molecule has 2 rings (SSSR count). The summed E-state index contributed by atoms with van der Waals surface area (Å²) < 4.78 is 0. The topological polar surface area (TPSA) is 37.8 Å². The Morgan fingerprint density at radius 1 is 1.18 bits per heavy atom. The van der Waals surface area contributed by atoms with E-state index in [0.29, 0.717) is 0 Å². The molecule has 0 saturated heterocycles. The van der Waals surface area contributed by atoms with Crippen LogP contribution in [0.15, 0.2) is 41.4 Å². The lowest BCUT2D eigenvalue weighted by Gasteiger charge is -2.07. The second-order valence-corrected chi connectivity index (χ2v) is 4.34. The van der Waals surface area contributed by atoms with Crippen molar-refractivity contribution in [2.45, 2.75) is 11.9 Å². The lowest BCUT2D eigenvalue weighted by molar-refractivity contribution is 1.04. The summed E-state index contributed by atoms with van der Waals surface area (Å²) in [6.07, 6.45) is 2.02. The Balaban J connectivity index is 2.43. The second kappa shape index (κ2) is 5.68. The Morgan fingerprint density at radius 2 is 1.94 bits per heavy atom. The zero-order chi connectivity index (χ0) is 12.1. The van der Waals surface area contributed by atoms with Crippen molar-refractivity contribution in [2.75, 3.05) is 18.1 Å². The fraction of sp³-hybridized carbons (Fsp3) is 0.231. The highest BCUT2D eigenvalue weighted by Crippen LogP contribution is 2.21. The first kappa shape index (κ1) is 11.9. The first-order chi connectivity index (χ1) is 8.33. The number of nitrogens with zero attached hydrogens (tertiary/aromatic N) is 2. The van der Waals surface area contributed by atoms with Gasteiger partial charge in [-0.3, -0.25) is 0 Å². The maximum absolute atomic E-state index is 4.52. The molecule has 0 bridgehead atoms. The van der Waals surface area contributed by atoms with Gasteiger partial charge in [0.25, 0.3) is 0 Å². The van der Waals surface area contributed by atoms with Crippen molar-refractivity contribution in [1.82, 2.24) is 9.97 Å². The first-order valence-electron chi connectivity index (χ1n) is 5.56. The van der Waals surface area contributed by atoms with Crippen LogP contribution in [0.4, 0.5) is 5.82 Å². The van der Waals surface area contributed by atoms with Gasteiger partial charge in [0.1, 0.15) is 10.8 Å². The molecule has 4 heteroatoms. The van der Waals surface area contributed by atoms with Gasteiger partial charge < -0.3 is 5.32 Å². The van der Waals surface area contributed by atoms with Crippen LogP contribution < -0.4 is 5.32 Å². The predicted octanol–water partition coefficient (Wildman–Crippen LogP) is 3.30. The van der Waals surface area contributed by atoms with Crippen molar-refractivity contribution in [3.63, 3.8) is 0 Å². The summed E-state index contributed by atoms with van der Waals surface area (Å²) in [6.45, 7) is 2.92. The maximum Gasteiger partial charge on any atom is 0.162 e. The third-order valence-electron chi connectivity index (χ3n) is 2.30. The highest BCUT2D eigenvalue weighted by Gasteiger charge is 2.05. The van der Waals surface area contributed by atoms with Crippen molar-refractivity contribution in [3.05, 3.63) is 36.4 Å². The van der Waals surface area contributed by atoms with E-state index in [-0.39, 0.29) is 0 Å². The van der Waals surface area contributed by atoms with Crippen LogP contribution in [-0.4, -0.2) is 22.8 Å². The third-order valence-corrected chi connectivity index (χ3v) is 2.93. The van der Waals surface area contributed by atoms with Gasteiger partial charge in [0.15, 0.2) is 5.82 Å². The number of thioether (sulfide) groups is 1. The van der Waals surface area contributed by atoms with Gasteiger partial charge in [-0.15, -0.1) is 11.8 Å². The Bertz CT molecular complexity index is 485. The minimum atomic E-state index is 0.772. The van der Waals surface area contributed by atoms with E-state index in [0.717, 1.165) is 28.8 Å². The summed E-state index contributed by atoms with van der Waals surface area (Å²) in [6, 6.07) is 12.0. The van der Waals surface area contributed by atoms with Crippen LogP contribution in [0.2, 0.25) is 0 Å². The predicted molar refractivity (Wildman–Crippen MR) is 73.4 cm³/mol. The van der Waals surface area contributed by atoms with Crippen LogP contribution in [0.1, 0.15) is 6.92 Å². The Kier molecular flexibility index (Phi) is 3.98. The Morgan fingerprint density at radius 3 is 2.59 bits per heavy atom. The number of rotatable bonds is 4. The standard InChI is InChI=1S/C13H15N3S/c1-3-14-11-9-12(17-2)16-13(15-11)10-7-5-4-6-8-10/h4-9H,3H2,1-2H3,(H,14,15,16). The molecular weight excluding hydrogens is 230 g/mol. The molecule has 0 atom stereocenters. The molecule has 1 aromatic heterocycles. The van der Waals surface area contributed by atoms with Crippen LogP contribution in [0.3, 0.4) is 0 Å². The molecular formula is C13H15N3S. The lowest BCUT2D eigenvalue weighted by atomic mass is 10.2. The highest BCUT2D eigenvalue weighted by atomic mass is 32.2. The smallest absolute Gasteiger partial charge is 0.162 e. The number of hydrogen-bond acceptors (Lipinski definition) is 4. The van der Waals surface area contributed by atoms with E-state index in [1.807, 2.05) is 42.7 Å². The monoisotopic (exact) mass is 245 g/mol. The van der Waals surface area contributed by atoms with Gasteiger partial charge in [0.05, 0.1) is 0 Å². The zero-order valence-electron chi connectivity index (χ0n) is 9.97. The quantitative estimate of drug-likeness (QED) is 0.662. The molecule has 1 N–H and O–H groups in total. The van der Waals surface area contributed by atoms with Gasteiger partial charge in [-0.2, -0.15) is 0 Å². The van der Waals surface area contributed by atoms with Crippen LogP contribution >= 0.6 is 11.8 Å². The molecule has 0 amide bonds. The third kappa shape index (κ3) is 2.97. The van der Waals surface area contributed by atoms with Crippen LogP contribution in [0.5, 0.6) is 0 Å². The largest absolute Gasteiger partial charge is 0.370 e. The molecule has 0 spiro atoms. The van der Waals surface area contributed by atoms with Crippen molar-refractivity contribution in [1.29, 1.82) is 0 Å². The van der Waals surface area contributed by atoms with Gasteiger partial charge in [0.2, 0.25) is 0 Å². The Hall–Kier alpha value is -1.55. The number of aromatic nitrogens is 2. The summed E-state index contributed by atoms with van der Waals surface area (Å²) in [5.41, 5.74) is 1.04. The molecule has 88 valence electrons. The molecule has 0 unspecified atom stereocenters. The number of benzene rings is 1. The van der Waals surface area contributed by atoms with E-state index >= 15 is 0 Å². The van der Waals surface area contributed by atoms with E-state index < -0.39 is 0 Å². The number of hydrogen-bond donors (Lipinski definition) is 1. The normalized spacial score (nSPS) is 10.2. The Labute approximate surface area is 106 Å². The summed E-state index contributed by atoms with van der Waals surface area (Å²) >= 11 is 1.63. The number of anilines is 1. The van der Waals surface area contributed by atoms with Crippen molar-refractivity contribution in [3.8, 4) is 11.4 Å². The molecule has 2 aromatic rings. The van der Waals surface area contributed by atoms with E-state index in [1.165, 1.54) is 0 Å². The average molecular weight is 245 g/mol. The van der Waals surface area contributed by atoms with Crippen LogP contribution in [-0.2, 0) is 0 Å². The van der Waals surface area contributed by atoms with Crippen molar-refractivity contribution >= 4 is 17.6 Å². The summed E-state index contributed by atoms with van der Waals surface area (Å²) in [5.74, 6) is 1.65. The van der Waals surface area contributed by atoms with Gasteiger partial charge in [-0.05, 0) is 13.2 Å². The van der Waals surface area contributed by atoms with E-state index in [4.69, 9.17) is 0 Å². The van der Waals surface area contributed by atoms with Gasteiger partial charge in [-0.25, -0.2) is 9.97 Å². The van der Waals surface area contributed by atoms with Crippen LogP contribution in [0.25, 0.3) is 11.4 Å². The molecule has 0 saturated carbocycles. The fourth-order valence-electron chi connectivity index (χ4n) is 1.52. The highest BCUT2D eigenvalue weighted by molar-refractivity contribution is 7.98. The van der Waals surface area contributed by atoms with Gasteiger partial charge in [-0.1, -0.05) is 30.3 Å². The maximum atomic E-state index is 4.52. The molecule has 17 heavy (non-hydrogen) atoms. The molecule has 0 aliphatic heterocycles. The SMILES string of the molecule is CCNc1cc(SC)nc(-c2ccccc2)n1. The average Bonchev–Trinajstić information content (AvgIpc) is 2.40. The summed E-state index contributed by atoms with van der Waals surface area (Å²) in [4.78, 5) is 9.02. The molecule has 1 aromatic carbocycles. The van der Waals surface area contributed by atoms with Crippen molar-refractivity contribution in [2.24, 2.45) is 0 Å². The molecule has 1 heterocycles. The van der Waals surface area contributed by atoms with Crippen LogP contribution in [0, 0.1) is 0 Å². The summed E-state index contributed by atoms with van der Waals surface area (Å²) in [5, 5.41) is 4.21. The van der Waals surface area contributed by atoms with Gasteiger partial charge in [0, 0.05) is 18.2 Å². The fourth-order valence-corrected chi connectivity index (χ4v) is 1.92. The minimum Gasteiger partial charge on any atom is -0.370 e. The molecule has 0 aliphatic carbocycles. The van der Waals surface area contributed by atoms with E-state index in [2.05, 4.69) is 22.2 Å². The summed E-state index contributed by atoms with van der Waals surface area (Å²) in [7, 11) is 0. The molecule has 0 aliphatic rings. The zero-order valence-corrected chi connectivity index (χ0v) is 10.8. The van der Waals surface area contributed by atoms with Gasteiger partial charge >= 0.3 is 0 Å². The first-order valence-corrected chi connectivity index (χ1v) is 6.78. The second-order valence-electron chi connectivity index (χ2n) is 3.52. The number of nitrogens with one attached hydrogen (secondary N) is 1. The minimum absolute atomic E-state index is 0.772. The molecule has 0 radical (unpaired) electrons. The molecule has 3 nitrogen and oxygen atoms in total. The van der Waals surface area contributed by atoms with Crippen molar-refractivity contribution < 1.29 is 0 Å². The molecule has 0 fully saturated rings. The van der Waals surface area contributed by atoms with E-state index in [9.17, 15) is 0 Å². The lowest BCUT2D eigenvalue weighted by Crippen LogP contribution is -2.02. The van der Waals surface area contributed by atoms with E-state index in [1.54, 1.807) is 11.8 Å².